The van der Waals surface area contributed by atoms with Crippen LogP contribution in [-0.4, -0.2) is 11.2 Å². The van der Waals surface area contributed by atoms with Gasteiger partial charge in [0.15, 0.2) is 0 Å². The topological polar surface area (TPSA) is 25.2 Å². The molecule has 2 nitrogen and oxygen atoms in total. The number of dihydropyridines is 1. The normalized spacial score (nSPS) is 14.5. The lowest BCUT2D eigenvalue weighted by atomic mass is 9.82. The van der Waals surface area contributed by atoms with Gasteiger partial charge in [-0.05, 0) is 114 Å². The molecule has 0 N–H and O–H groups in total. The maximum absolute atomic E-state index is 4.98. The van der Waals surface area contributed by atoms with Gasteiger partial charge in [-0.25, -0.2) is 0 Å². The lowest BCUT2D eigenvalue weighted by Crippen LogP contribution is -2.02. The van der Waals surface area contributed by atoms with Crippen LogP contribution in [0.2, 0.25) is 0 Å². The lowest BCUT2D eigenvalue weighted by Gasteiger charge is -2.21. The van der Waals surface area contributed by atoms with Crippen LogP contribution in [0.25, 0.3) is 77.6 Å². The molecule has 9 rings (SSSR count). The number of aliphatic imine (C=N–C) groups is 1. The molecule has 0 saturated heterocycles. The van der Waals surface area contributed by atoms with Gasteiger partial charge in [-0.15, -0.1) is 0 Å². The van der Waals surface area contributed by atoms with Crippen molar-refractivity contribution in [3.8, 4) is 22.3 Å². The van der Waals surface area contributed by atoms with Crippen LogP contribution in [0.4, 0.5) is 0 Å². The Morgan fingerprint density at radius 2 is 1.20 bits per heavy atom. The molecular weight excluding hydrogens is 617 g/mol. The van der Waals surface area contributed by atoms with Crippen LogP contribution in [0.3, 0.4) is 0 Å². The summed E-state index contributed by atoms with van der Waals surface area (Å²) >= 11 is 0. The molecule has 0 fully saturated rings. The summed E-state index contributed by atoms with van der Waals surface area (Å²) in [4.78, 5) is 9.65. The fourth-order valence-corrected chi connectivity index (χ4v) is 7.68. The molecule has 0 amide bonds. The number of rotatable bonds is 7. The molecule has 0 spiro atoms. The summed E-state index contributed by atoms with van der Waals surface area (Å²) in [5, 5.41) is 8.53. The largest absolute Gasteiger partial charge is 0.284 e. The molecule has 0 aliphatic carbocycles. The predicted octanol–water partition coefficient (Wildman–Crippen LogP) is 13.2. The fourth-order valence-electron chi connectivity index (χ4n) is 7.68. The van der Waals surface area contributed by atoms with E-state index in [9.17, 15) is 0 Å². The van der Waals surface area contributed by atoms with E-state index in [-0.39, 0.29) is 6.04 Å². The van der Waals surface area contributed by atoms with E-state index in [1.807, 2.05) is 24.6 Å². The molecule has 1 aliphatic heterocycles. The Kier molecular flexibility index (Phi) is 7.91. The molecule has 51 heavy (non-hydrogen) atoms. The Morgan fingerprint density at radius 1 is 0.608 bits per heavy atom. The Morgan fingerprint density at radius 3 is 1.82 bits per heavy atom. The van der Waals surface area contributed by atoms with Gasteiger partial charge in [0, 0.05) is 17.8 Å². The summed E-state index contributed by atoms with van der Waals surface area (Å²) in [6.07, 6.45) is 14.7. The van der Waals surface area contributed by atoms with E-state index in [0.29, 0.717) is 0 Å². The first-order valence-corrected chi connectivity index (χ1v) is 17.7. The van der Waals surface area contributed by atoms with Gasteiger partial charge in [-0.1, -0.05) is 146 Å². The number of fused-ring (bicyclic) bond motifs is 4. The zero-order valence-corrected chi connectivity index (χ0v) is 28.3. The van der Waals surface area contributed by atoms with Crippen molar-refractivity contribution in [3.05, 3.63) is 187 Å². The third-order valence-corrected chi connectivity index (χ3v) is 10.2. The standard InChI is InChI=1S/C49H36N2/c1-2-42-43(20-11-12-33-22-27-47(50-31-33)41-30-38-17-7-10-21-46(38)51-32-41)49(40-26-24-35-14-4-6-16-37(35)29-40)45-19-9-8-18-44(45)48(42)39-25-23-34-13-3-5-15-36(34)28-39/h2-11,13-26,28-32,47H,1,12,27H2/b20-11-. The van der Waals surface area contributed by atoms with Crippen LogP contribution in [0, 0.1) is 0 Å². The first-order chi connectivity index (χ1) is 25.2. The zero-order chi connectivity index (χ0) is 34.1. The molecule has 2 heteroatoms. The second-order valence-electron chi connectivity index (χ2n) is 13.3. The van der Waals surface area contributed by atoms with Crippen molar-refractivity contribution in [2.24, 2.45) is 4.99 Å². The highest BCUT2D eigenvalue weighted by molar-refractivity contribution is 6.13. The number of hydrogen-bond donors (Lipinski definition) is 0. The molecule has 1 aliphatic rings. The van der Waals surface area contributed by atoms with Crippen LogP contribution in [0.5, 0.6) is 0 Å². The van der Waals surface area contributed by atoms with Gasteiger partial charge in [0.05, 0.1) is 11.6 Å². The Hall–Kier alpha value is -6.38. The highest BCUT2D eigenvalue weighted by atomic mass is 14.8. The molecule has 242 valence electrons. The van der Waals surface area contributed by atoms with Gasteiger partial charge in [0.1, 0.15) is 0 Å². The Balaban J connectivity index is 1.14. The average molecular weight is 653 g/mol. The summed E-state index contributed by atoms with van der Waals surface area (Å²) < 4.78 is 0. The second-order valence-corrected chi connectivity index (χ2v) is 13.3. The van der Waals surface area contributed by atoms with E-state index in [4.69, 9.17) is 4.99 Å². The van der Waals surface area contributed by atoms with Crippen molar-refractivity contribution in [1.29, 1.82) is 0 Å². The van der Waals surface area contributed by atoms with Crippen molar-refractivity contribution >= 4 is 61.6 Å². The number of benzene rings is 7. The maximum Gasteiger partial charge on any atom is 0.0798 e. The molecule has 0 radical (unpaired) electrons. The maximum atomic E-state index is 4.98. The fraction of sp³-hybridized carbons (Fsp3) is 0.0612. The molecule has 7 aromatic carbocycles. The van der Waals surface area contributed by atoms with E-state index >= 15 is 0 Å². The zero-order valence-electron chi connectivity index (χ0n) is 28.3. The van der Waals surface area contributed by atoms with Gasteiger partial charge in [0.2, 0.25) is 0 Å². The Labute approximate surface area is 298 Å². The van der Waals surface area contributed by atoms with E-state index < -0.39 is 0 Å². The minimum absolute atomic E-state index is 0.0895. The van der Waals surface area contributed by atoms with E-state index in [1.54, 1.807) is 0 Å². The van der Waals surface area contributed by atoms with Crippen molar-refractivity contribution in [3.63, 3.8) is 0 Å². The van der Waals surface area contributed by atoms with E-state index in [0.717, 1.165) is 34.9 Å². The summed E-state index contributed by atoms with van der Waals surface area (Å²) in [5.74, 6) is 0. The van der Waals surface area contributed by atoms with E-state index in [1.165, 1.54) is 65.7 Å². The molecule has 1 aromatic heterocycles. The second kappa shape index (κ2) is 13.2. The van der Waals surface area contributed by atoms with Gasteiger partial charge in [-0.3, -0.25) is 9.98 Å². The SMILES string of the molecule is C=Cc1c(/C=C\CC2=CCC(c3cnc4ccccc4c3)N=C2)c(-c2ccc3ccccc3c2)c2ccccc2c1-c1ccc2ccccc2c1. The predicted molar refractivity (Wildman–Crippen MR) is 219 cm³/mol. The number of aromatic nitrogens is 1. The first-order valence-electron chi connectivity index (χ1n) is 17.7. The highest BCUT2D eigenvalue weighted by Gasteiger charge is 2.20. The van der Waals surface area contributed by atoms with Gasteiger partial charge < -0.3 is 0 Å². The summed E-state index contributed by atoms with van der Waals surface area (Å²) in [7, 11) is 0. The summed E-state index contributed by atoms with van der Waals surface area (Å²) in [6.45, 7) is 4.41. The Bertz CT molecular complexity index is 2730. The lowest BCUT2D eigenvalue weighted by molar-refractivity contribution is 0.732. The third-order valence-electron chi connectivity index (χ3n) is 10.2. The van der Waals surface area contributed by atoms with Crippen LogP contribution < -0.4 is 0 Å². The number of hydrogen-bond acceptors (Lipinski definition) is 2. The third kappa shape index (κ3) is 5.75. The minimum Gasteiger partial charge on any atom is -0.284 e. The van der Waals surface area contributed by atoms with Gasteiger partial charge in [-0.2, -0.15) is 0 Å². The van der Waals surface area contributed by atoms with Crippen molar-refractivity contribution in [2.75, 3.05) is 0 Å². The molecular formula is C49H36N2. The van der Waals surface area contributed by atoms with Gasteiger partial charge in [0.25, 0.3) is 0 Å². The summed E-state index contributed by atoms with van der Waals surface area (Å²) in [6, 6.07) is 50.2. The smallest absolute Gasteiger partial charge is 0.0798 e. The first kappa shape index (κ1) is 30.7. The quantitative estimate of drug-likeness (QED) is 0.168. The van der Waals surface area contributed by atoms with Gasteiger partial charge >= 0.3 is 0 Å². The van der Waals surface area contributed by atoms with Crippen molar-refractivity contribution < 1.29 is 0 Å². The number of para-hydroxylation sites is 1. The van der Waals surface area contributed by atoms with E-state index in [2.05, 4.69) is 163 Å². The van der Waals surface area contributed by atoms with Crippen LogP contribution >= 0.6 is 0 Å². The highest BCUT2D eigenvalue weighted by Crippen LogP contribution is 2.44. The number of nitrogens with zero attached hydrogens (tertiary/aromatic N) is 2. The van der Waals surface area contributed by atoms with Crippen molar-refractivity contribution in [1.82, 2.24) is 4.98 Å². The van der Waals surface area contributed by atoms with Crippen molar-refractivity contribution in [2.45, 2.75) is 18.9 Å². The molecule has 0 saturated carbocycles. The monoisotopic (exact) mass is 652 g/mol. The minimum atomic E-state index is 0.0895. The molecule has 1 unspecified atom stereocenters. The number of allylic oxidation sites excluding steroid dienone is 2. The van der Waals surface area contributed by atoms with Crippen LogP contribution in [0.15, 0.2) is 175 Å². The molecule has 8 aromatic rings. The average Bonchev–Trinajstić information content (AvgIpc) is 3.20. The molecule has 2 heterocycles. The van der Waals surface area contributed by atoms with Crippen LogP contribution in [0.1, 0.15) is 35.6 Å². The summed E-state index contributed by atoms with van der Waals surface area (Å²) in [5.41, 5.74) is 10.5. The number of pyridine rings is 1. The molecule has 1 atom stereocenters. The molecule has 0 bridgehead atoms. The van der Waals surface area contributed by atoms with Crippen LogP contribution in [-0.2, 0) is 0 Å².